The maximum Gasteiger partial charge on any atom is 0.326 e. The number of hydrogen-bond acceptors (Lipinski definition) is 3. The van der Waals surface area contributed by atoms with Crippen LogP contribution in [0, 0.1) is 0 Å². The van der Waals surface area contributed by atoms with E-state index in [9.17, 15) is 4.79 Å². The molecule has 0 saturated carbocycles. The molecule has 14 heavy (non-hydrogen) atoms. The van der Waals surface area contributed by atoms with Gasteiger partial charge in [0.05, 0.1) is 0 Å². The number of hydrazine groups is 1. The van der Waals surface area contributed by atoms with Crippen molar-refractivity contribution in [3.8, 4) is 0 Å². The van der Waals surface area contributed by atoms with Gasteiger partial charge in [-0.1, -0.05) is 18.2 Å². The Bertz CT molecular complexity index is 317. The molecule has 76 valence electrons. The summed E-state index contributed by atoms with van der Waals surface area (Å²) in [6.45, 7) is 0.569. The standard InChI is InChI=1S/C9H13N3OS/c1-14-8-5-3-2-4-7(8)6-11-12-9(10)13/h2-5,11H,6H2,1H3,(H3,10,12,13). The summed E-state index contributed by atoms with van der Waals surface area (Å²) in [7, 11) is 0. The minimum absolute atomic E-state index is 0.569. The van der Waals surface area contributed by atoms with E-state index in [0.29, 0.717) is 6.54 Å². The Hall–Kier alpha value is -1.20. The van der Waals surface area contributed by atoms with Gasteiger partial charge in [0.15, 0.2) is 0 Å². The zero-order valence-corrected chi connectivity index (χ0v) is 8.73. The van der Waals surface area contributed by atoms with Crippen molar-refractivity contribution < 1.29 is 4.79 Å². The topological polar surface area (TPSA) is 67.2 Å². The Balaban J connectivity index is 2.53. The largest absolute Gasteiger partial charge is 0.351 e. The van der Waals surface area contributed by atoms with Crippen molar-refractivity contribution in [2.45, 2.75) is 11.4 Å². The van der Waals surface area contributed by atoms with Crippen molar-refractivity contribution in [3.63, 3.8) is 0 Å². The molecular formula is C9H13N3OS. The summed E-state index contributed by atoms with van der Waals surface area (Å²) in [5.74, 6) is 0. The summed E-state index contributed by atoms with van der Waals surface area (Å²) >= 11 is 1.67. The maximum absolute atomic E-state index is 10.4. The highest BCUT2D eigenvalue weighted by Crippen LogP contribution is 2.19. The Labute approximate surface area is 87.2 Å². The number of hydrogen-bond donors (Lipinski definition) is 3. The number of urea groups is 1. The molecule has 5 heteroatoms. The van der Waals surface area contributed by atoms with Crippen LogP contribution in [0.25, 0.3) is 0 Å². The summed E-state index contributed by atoms with van der Waals surface area (Å²) in [5.41, 5.74) is 11.1. The van der Waals surface area contributed by atoms with E-state index in [0.717, 1.165) is 5.56 Å². The van der Waals surface area contributed by atoms with Crippen molar-refractivity contribution in [2.24, 2.45) is 5.73 Å². The third kappa shape index (κ3) is 3.27. The van der Waals surface area contributed by atoms with Crippen molar-refractivity contribution in [2.75, 3.05) is 6.26 Å². The van der Waals surface area contributed by atoms with E-state index in [1.54, 1.807) is 11.8 Å². The van der Waals surface area contributed by atoms with Gasteiger partial charge >= 0.3 is 6.03 Å². The summed E-state index contributed by atoms with van der Waals surface area (Å²) in [6, 6.07) is 7.40. The fraction of sp³-hybridized carbons (Fsp3) is 0.222. The predicted molar refractivity (Wildman–Crippen MR) is 57.8 cm³/mol. The molecule has 0 saturated heterocycles. The number of amides is 2. The third-order valence-electron chi connectivity index (χ3n) is 1.68. The zero-order chi connectivity index (χ0) is 10.4. The fourth-order valence-corrected chi connectivity index (χ4v) is 1.69. The number of rotatable bonds is 4. The molecule has 0 heterocycles. The maximum atomic E-state index is 10.4. The van der Waals surface area contributed by atoms with E-state index in [-0.39, 0.29) is 0 Å². The van der Waals surface area contributed by atoms with E-state index >= 15 is 0 Å². The molecule has 0 fully saturated rings. The Morgan fingerprint density at radius 3 is 2.86 bits per heavy atom. The third-order valence-corrected chi connectivity index (χ3v) is 2.52. The second-order valence-electron chi connectivity index (χ2n) is 2.65. The highest BCUT2D eigenvalue weighted by atomic mass is 32.2. The van der Waals surface area contributed by atoms with E-state index in [4.69, 9.17) is 5.73 Å². The molecule has 0 aromatic heterocycles. The van der Waals surface area contributed by atoms with Crippen molar-refractivity contribution >= 4 is 17.8 Å². The number of primary amides is 1. The Morgan fingerprint density at radius 2 is 2.21 bits per heavy atom. The van der Waals surface area contributed by atoms with Crippen LogP contribution in [0.5, 0.6) is 0 Å². The van der Waals surface area contributed by atoms with Crippen molar-refractivity contribution in [3.05, 3.63) is 29.8 Å². The van der Waals surface area contributed by atoms with Crippen molar-refractivity contribution in [1.82, 2.24) is 10.9 Å². The minimum Gasteiger partial charge on any atom is -0.351 e. The molecule has 0 atom stereocenters. The highest BCUT2D eigenvalue weighted by molar-refractivity contribution is 7.98. The van der Waals surface area contributed by atoms with Crippen LogP contribution in [-0.2, 0) is 6.54 Å². The van der Waals surface area contributed by atoms with Gasteiger partial charge in [0.25, 0.3) is 0 Å². The lowest BCUT2D eigenvalue weighted by Crippen LogP contribution is -2.40. The SMILES string of the molecule is CSc1ccccc1CNNC(N)=O. The summed E-state index contributed by atoms with van der Waals surface area (Å²) in [6.07, 6.45) is 2.01. The lowest BCUT2D eigenvalue weighted by atomic mass is 10.2. The Morgan fingerprint density at radius 1 is 1.50 bits per heavy atom. The molecule has 1 rings (SSSR count). The number of thioether (sulfide) groups is 1. The smallest absolute Gasteiger partial charge is 0.326 e. The van der Waals surface area contributed by atoms with Gasteiger partial charge in [-0.3, -0.25) is 5.43 Å². The van der Waals surface area contributed by atoms with Gasteiger partial charge in [-0.25, -0.2) is 10.2 Å². The second-order valence-corrected chi connectivity index (χ2v) is 3.50. The van der Waals surface area contributed by atoms with E-state index in [2.05, 4.69) is 10.9 Å². The van der Waals surface area contributed by atoms with Crippen LogP contribution >= 0.6 is 11.8 Å². The van der Waals surface area contributed by atoms with E-state index in [1.165, 1.54) is 4.90 Å². The average Bonchev–Trinajstić information content (AvgIpc) is 2.18. The molecular weight excluding hydrogens is 198 g/mol. The number of nitrogens with one attached hydrogen (secondary N) is 2. The van der Waals surface area contributed by atoms with Crippen LogP contribution in [0.15, 0.2) is 29.2 Å². The van der Waals surface area contributed by atoms with E-state index in [1.807, 2.05) is 30.5 Å². The lowest BCUT2D eigenvalue weighted by Gasteiger charge is -2.08. The molecule has 1 aromatic rings. The van der Waals surface area contributed by atoms with Crippen molar-refractivity contribution in [1.29, 1.82) is 0 Å². The molecule has 0 unspecified atom stereocenters. The van der Waals surface area contributed by atoms with Crippen LogP contribution in [0.2, 0.25) is 0 Å². The number of nitrogens with two attached hydrogens (primary N) is 1. The molecule has 4 N–H and O–H groups in total. The van der Waals surface area contributed by atoms with Gasteiger partial charge in [-0.2, -0.15) is 0 Å². The van der Waals surface area contributed by atoms with Crippen LogP contribution in [0.3, 0.4) is 0 Å². The number of carbonyl (C=O) groups is 1. The molecule has 4 nitrogen and oxygen atoms in total. The zero-order valence-electron chi connectivity index (χ0n) is 7.91. The predicted octanol–water partition coefficient (Wildman–Crippen LogP) is 1.08. The number of benzene rings is 1. The monoisotopic (exact) mass is 211 g/mol. The normalized spacial score (nSPS) is 9.79. The quantitative estimate of drug-likeness (QED) is 0.515. The molecule has 0 radical (unpaired) electrons. The van der Waals surface area contributed by atoms with Gasteiger partial charge in [-0.15, -0.1) is 11.8 Å². The molecule has 1 aromatic carbocycles. The molecule has 2 amide bonds. The van der Waals surface area contributed by atoms with Gasteiger partial charge in [0.2, 0.25) is 0 Å². The lowest BCUT2D eigenvalue weighted by molar-refractivity contribution is 0.244. The first-order valence-corrected chi connectivity index (χ1v) is 5.36. The molecule has 0 aliphatic carbocycles. The molecule has 0 aliphatic heterocycles. The van der Waals surface area contributed by atoms with Gasteiger partial charge in [0.1, 0.15) is 0 Å². The fourth-order valence-electron chi connectivity index (χ4n) is 1.08. The van der Waals surface area contributed by atoms with Gasteiger partial charge < -0.3 is 5.73 Å². The van der Waals surface area contributed by atoms with E-state index < -0.39 is 6.03 Å². The van der Waals surface area contributed by atoms with Gasteiger partial charge in [-0.05, 0) is 17.9 Å². The second kappa shape index (κ2) is 5.51. The number of carbonyl (C=O) groups excluding carboxylic acids is 1. The average molecular weight is 211 g/mol. The summed E-state index contributed by atoms with van der Waals surface area (Å²) in [4.78, 5) is 11.6. The Kier molecular flexibility index (Phi) is 4.28. The first-order valence-electron chi connectivity index (χ1n) is 4.14. The minimum atomic E-state index is -0.577. The van der Waals surface area contributed by atoms with Gasteiger partial charge in [0, 0.05) is 11.4 Å². The molecule has 0 aliphatic rings. The summed E-state index contributed by atoms with van der Waals surface area (Å²) < 4.78 is 0. The highest BCUT2D eigenvalue weighted by Gasteiger charge is 1.99. The van der Waals surface area contributed by atoms with Crippen LogP contribution in [0.1, 0.15) is 5.56 Å². The van der Waals surface area contributed by atoms with Crippen LogP contribution in [0.4, 0.5) is 4.79 Å². The van der Waals surface area contributed by atoms with Crippen LogP contribution in [-0.4, -0.2) is 12.3 Å². The summed E-state index contributed by atoms with van der Waals surface area (Å²) in [5, 5.41) is 0. The first-order chi connectivity index (χ1) is 6.74. The molecule has 0 bridgehead atoms. The first kappa shape index (κ1) is 10.9. The molecule has 0 spiro atoms. The van der Waals surface area contributed by atoms with Crippen LogP contribution < -0.4 is 16.6 Å².